The number of hydrogen-bond acceptors (Lipinski definition) is 0. The predicted octanol–water partition coefficient (Wildman–Crippen LogP) is 7.12. The molecule has 0 amide bonds. The van der Waals surface area contributed by atoms with E-state index in [1.807, 2.05) is 37.3 Å². The van der Waals surface area contributed by atoms with Crippen molar-refractivity contribution >= 4 is 5.57 Å². The minimum atomic E-state index is -1.16. The van der Waals surface area contributed by atoms with Gasteiger partial charge in [-0.25, -0.2) is 17.6 Å². The van der Waals surface area contributed by atoms with Crippen LogP contribution in [0.15, 0.2) is 42.5 Å². The van der Waals surface area contributed by atoms with Crippen LogP contribution in [0.25, 0.3) is 5.57 Å². The molecule has 0 spiro atoms. The molecule has 0 saturated heterocycles. The molecule has 154 valence electrons. The van der Waals surface area contributed by atoms with Gasteiger partial charge in [0, 0.05) is 12.0 Å². The van der Waals surface area contributed by atoms with Crippen molar-refractivity contribution in [2.75, 3.05) is 0 Å². The maximum Gasteiger partial charge on any atom is 0.129 e. The van der Waals surface area contributed by atoms with Crippen molar-refractivity contribution in [1.29, 1.82) is 0 Å². The minimum Gasteiger partial charge on any atom is -0.247 e. The van der Waals surface area contributed by atoms with E-state index in [0.717, 1.165) is 30.0 Å². The van der Waals surface area contributed by atoms with Crippen molar-refractivity contribution in [2.45, 2.75) is 63.7 Å². The van der Waals surface area contributed by atoms with E-state index in [1.165, 1.54) is 6.07 Å². The summed E-state index contributed by atoms with van der Waals surface area (Å²) >= 11 is 0. The Morgan fingerprint density at radius 1 is 0.966 bits per heavy atom. The number of benzene rings is 2. The maximum absolute atomic E-state index is 14.7. The molecule has 4 rings (SSSR count). The van der Waals surface area contributed by atoms with Crippen molar-refractivity contribution < 1.29 is 17.6 Å². The lowest BCUT2D eigenvalue weighted by Gasteiger charge is -2.35. The van der Waals surface area contributed by atoms with E-state index in [4.69, 9.17) is 0 Å². The second kappa shape index (κ2) is 8.33. The Labute approximate surface area is 169 Å². The molecular formula is C25H26F4. The second-order valence-corrected chi connectivity index (χ2v) is 8.44. The number of rotatable bonds is 4. The normalized spacial score (nSPS) is 26.7. The summed E-state index contributed by atoms with van der Waals surface area (Å²) in [6.45, 7) is 2.05. The second-order valence-electron chi connectivity index (χ2n) is 8.44. The van der Waals surface area contributed by atoms with E-state index in [9.17, 15) is 17.6 Å². The minimum absolute atomic E-state index is 0.133. The molecular weight excluding hydrogens is 376 g/mol. The molecule has 0 nitrogen and oxygen atoms in total. The van der Waals surface area contributed by atoms with Gasteiger partial charge in [-0.2, -0.15) is 0 Å². The maximum atomic E-state index is 14.7. The number of alkyl halides is 2. The summed E-state index contributed by atoms with van der Waals surface area (Å²) in [6.07, 6.45) is 3.19. The molecule has 0 aliphatic heterocycles. The highest BCUT2D eigenvalue weighted by atomic mass is 19.2. The molecule has 29 heavy (non-hydrogen) atoms. The van der Waals surface area contributed by atoms with E-state index < -0.39 is 29.9 Å². The van der Waals surface area contributed by atoms with Crippen LogP contribution in [0.5, 0.6) is 0 Å². The summed E-state index contributed by atoms with van der Waals surface area (Å²) in [5.41, 5.74) is 3.79. The summed E-state index contributed by atoms with van der Waals surface area (Å²) in [5.74, 6) is -1.65. The Kier molecular flexibility index (Phi) is 5.80. The van der Waals surface area contributed by atoms with E-state index in [1.54, 1.807) is 0 Å². The summed E-state index contributed by atoms with van der Waals surface area (Å²) in [7, 11) is 0. The van der Waals surface area contributed by atoms with Crippen LogP contribution in [-0.2, 0) is 12.8 Å². The molecule has 0 radical (unpaired) electrons. The fourth-order valence-corrected chi connectivity index (χ4v) is 5.00. The van der Waals surface area contributed by atoms with Gasteiger partial charge in [-0.1, -0.05) is 50.1 Å². The van der Waals surface area contributed by atoms with Crippen molar-refractivity contribution in [2.24, 2.45) is 5.92 Å². The first-order valence-electron chi connectivity index (χ1n) is 10.5. The van der Waals surface area contributed by atoms with Crippen molar-refractivity contribution in [3.05, 3.63) is 76.4 Å². The van der Waals surface area contributed by atoms with Gasteiger partial charge in [0.05, 0.1) is 0 Å². The molecule has 1 saturated carbocycles. The standard InChI is InChI=1S/C25H26F4/c1-2-3-15-10-23(28)25(24(29)11-15)17-6-4-16(5-7-17)18-8-9-21-19(12-18)13-20(26)14-22(21)27/h4-8,13-15,23-25H,2-3,9-12H2,1H3. The molecule has 2 unspecified atom stereocenters. The first-order valence-corrected chi connectivity index (χ1v) is 10.5. The molecule has 0 heterocycles. The number of fused-ring (bicyclic) bond motifs is 1. The third-order valence-electron chi connectivity index (χ3n) is 6.45. The molecule has 0 bridgehead atoms. The molecule has 2 atom stereocenters. The first kappa shape index (κ1) is 20.2. The zero-order valence-electron chi connectivity index (χ0n) is 16.6. The lowest BCUT2D eigenvalue weighted by Crippen LogP contribution is -2.33. The largest absolute Gasteiger partial charge is 0.247 e. The van der Waals surface area contributed by atoms with Gasteiger partial charge in [-0.15, -0.1) is 0 Å². The number of halogens is 4. The molecule has 0 aromatic heterocycles. The molecule has 2 aromatic rings. The highest BCUT2D eigenvalue weighted by molar-refractivity contribution is 5.70. The van der Waals surface area contributed by atoms with Gasteiger partial charge in [0.25, 0.3) is 0 Å². The quantitative estimate of drug-likeness (QED) is 0.478. The van der Waals surface area contributed by atoms with Crippen molar-refractivity contribution in [1.82, 2.24) is 0 Å². The van der Waals surface area contributed by atoms with Gasteiger partial charge in [-0.05, 0) is 65.5 Å². The highest BCUT2D eigenvalue weighted by Crippen LogP contribution is 2.42. The Morgan fingerprint density at radius 3 is 2.31 bits per heavy atom. The van der Waals surface area contributed by atoms with E-state index in [-0.39, 0.29) is 5.92 Å². The Hall–Kier alpha value is -2.10. The lowest BCUT2D eigenvalue weighted by atomic mass is 9.74. The van der Waals surface area contributed by atoms with Crippen LogP contribution in [0.4, 0.5) is 17.6 Å². The molecule has 4 heteroatoms. The monoisotopic (exact) mass is 402 g/mol. The van der Waals surface area contributed by atoms with Crippen LogP contribution >= 0.6 is 0 Å². The highest BCUT2D eigenvalue weighted by Gasteiger charge is 2.39. The summed E-state index contributed by atoms with van der Waals surface area (Å²) in [5, 5.41) is 0. The number of hydrogen-bond donors (Lipinski definition) is 0. The fourth-order valence-electron chi connectivity index (χ4n) is 5.00. The summed E-state index contributed by atoms with van der Waals surface area (Å²) < 4.78 is 57.0. The van der Waals surface area contributed by atoms with Gasteiger partial charge in [-0.3, -0.25) is 0 Å². The Balaban J connectivity index is 1.51. The van der Waals surface area contributed by atoms with Crippen LogP contribution in [0.1, 0.15) is 60.8 Å². The van der Waals surface area contributed by atoms with E-state index >= 15 is 0 Å². The molecule has 2 aliphatic rings. The molecule has 1 fully saturated rings. The summed E-state index contributed by atoms with van der Waals surface area (Å²) in [4.78, 5) is 0. The SMILES string of the molecule is CCCC1CC(F)C(c2ccc(C3=CCc4c(F)cc(F)cc4C3)cc2)C(F)C1. The Morgan fingerprint density at radius 2 is 1.66 bits per heavy atom. The van der Waals surface area contributed by atoms with Crippen LogP contribution in [0.3, 0.4) is 0 Å². The average Bonchev–Trinajstić information content (AvgIpc) is 2.67. The van der Waals surface area contributed by atoms with Crippen molar-refractivity contribution in [3.8, 4) is 0 Å². The van der Waals surface area contributed by atoms with Crippen LogP contribution in [0, 0.1) is 17.6 Å². The molecule has 2 aliphatic carbocycles. The summed E-state index contributed by atoms with van der Waals surface area (Å²) in [6, 6.07) is 9.67. The first-order chi connectivity index (χ1) is 14.0. The zero-order chi connectivity index (χ0) is 20.5. The van der Waals surface area contributed by atoms with Crippen molar-refractivity contribution in [3.63, 3.8) is 0 Å². The third kappa shape index (κ3) is 4.12. The molecule has 2 aromatic carbocycles. The lowest BCUT2D eigenvalue weighted by molar-refractivity contribution is 0.0830. The fraction of sp³-hybridized carbons (Fsp3) is 0.440. The third-order valence-corrected chi connectivity index (χ3v) is 6.45. The van der Waals surface area contributed by atoms with Crippen LogP contribution < -0.4 is 0 Å². The van der Waals surface area contributed by atoms with Gasteiger partial charge in [0.1, 0.15) is 24.0 Å². The van der Waals surface area contributed by atoms with Crippen LogP contribution in [0.2, 0.25) is 0 Å². The number of allylic oxidation sites excluding steroid dienone is 2. The predicted molar refractivity (Wildman–Crippen MR) is 108 cm³/mol. The zero-order valence-corrected chi connectivity index (χ0v) is 16.6. The smallest absolute Gasteiger partial charge is 0.129 e. The van der Waals surface area contributed by atoms with Crippen LogP contribution in [-0.4, -0.2) is 12.3 Å². The average molecular weight is 402 g/mol. The van der Waals surface area contributed by atoms with Gasteiger partial charge in [0.15, 0.2) is 0 Å². The van der Waals surface area contributed by atoms with Gasteiger partial charge >= 0.3 is 0 Å². The van der Waals surface area contributed by atoms with Gasteiger partial charge in [0.2, 0.25) is 0 Å². The van der Waals surface area contributed by atoms with E-state index in [0.29, 0.717) is 42.4 Å². The molecule has 0 N–H and O–H groups in total. The van der Waals surface area contributed by atoms with Gasteiger partial charge < -0.3 is 0 Å². The Bertz CT molecular complexity index is 888. The van der Waals surface area contributed by atoms with E-state index in [2.05, 4.69) is 0 Å². The topological polar surface area (TPSA) is 0 Å².